The molecule has 1 aliphatic rings. The van der Waals surface area contributed by atoms with Crippen LogP contribution in [0, 0.1) is 0 Å². The van der Waals surface area contributed by atoms with Crippen LogP contribution in [0.15, 0.2) is 0 Å². The summed E-state index contributed by atoms with van der Waals surface area (Å²) in [5.41, 5.74) is 0. The molecule has 1 saturated carbocycles. The predicted molar refractivity (Wildman–Crippen MR) is 72.0 cm³/mol. The highest BCUT2D eigenvalue weighted by Gasteiger charge is 2.29. The van der Waals surface area contributed by atoms with Gasteiger partial charge in [-0.05, 0) is 26.2 Å². The summed E-state index contributed by atoms with van der Waals surface area (Å²) in [6, 6.07) is 0.993. The summed E-state index contributed by atoms with van der Waals surface area (Å²) >= 11 is 0. The zero-order valence-corrected chi connectivity index (χ0v) is 11.7. The molecule has 1 unspecified atom stereocenters. The molecule has 0 aliphatic heterocycles. The van der Waals surface area contributed by atoms with Gasteiger partial charge in [0.05, 0.1) is 6.54 Å². The average molecular weight is 240 g/mol. The second-order valence-corrected chi connectivity index (χ2v) is 5.37. The summed E-state index contributed by atoms with van der Waals surface area (Å²) in [5, 5.41) is 3.33. The third-order valence-corrected chi connectivity index (χ3v) is 3.58. The highest BCUT2D eigenvalue weighted by molar-refractivity contribution is 5.78. The van der Waals surface area contributed by atoms with Crippen molar-refractivity contribution in [3.63, 3.8) is 0 Å². The summed E-state index contributed by atoms with van der Waals surface area (Å²) in [7, 11) is 1.92. The molecule has 1 amide bonds. The fourth-order valence-corrected chi connectivity index (χ4v) is 2.03. The Hall–Kier alpha value is -0.570. The summed E-state index contributed by atoms with van der Waals surface area (Å²) in [6.45, 7) is 4.91. The number of carbonyl (C=O) groups is 1. The van der Waals surface area contributed by atoms with Crippen molar-refractivity contribution in [3.05, 3.63) is 0 Å². The van der Waals surface area contributed by atoms with Gasteiger partial charge in [0, 0.05) is 19.1 Å². The molecule has 1 rings (SSSR count). The standard InChI is InChI=1S/C14H28N2O/c1-4-5-6-7-8-12(2)15-11-14(17)16(3)13-9-10-13/h12-13,15H,4-11H2,1-3H3. The van der Waals surface area contributed by atoms with Gasteiger partial charge < -0.3 is 10.2 Å². The van der Waals surface area contributed by atoms with Gasteiger partial charge in [0.25, 0.3) is 0 Å². The molecule has 0 spiro atoms. The highest BCUT2D eigenvalue weighted by atomic mass is 16.2. The van der Waals surface area contributed by atoms with Gasteiger partial charge >= 0.3 is 0 Å². The third kappa shape index (κ3) is 6.06. The fourth-order valence-electron chi connectivity index (χ4n) is 2.03. The maximum Gasteiger partial charge on any atom is 0.236 e. The van der Waals surface area contributed by atoms with Crippen molar-refractivity contribution >= 4 is 5.91 Å². The van der Waals surface area contributed by atoms with E-state index >= 15 is 0 Å². The predicted octanol–water partition coefficient (Wildman–Crippen LogP) is 2.56. The molecular formula is C14H28N2O. The molecule has 0 radical (unpaired) electrons. The lowest BCUT2D eigenvalue weighted by Gasteiger charge is -2.19. The smallest absolute Gasteiger partial charge is 0.236 e. The topological polar surface area (TPSA) is 32.3 Å². The first-order valence-electron chi connectivity index (χ1n) is 7.14. The van der Waals surface area contributed by atoms with Crippen LogP contribution in [0.25, 0.3) is 0 Å². The van der Waals surface area contributed by atoms with Gasteiger partial charge in [0.2, 0.25) is 5.91 Å². The lowest BCUT2D eigenvalue weighted by Crippen LogP contribution is -2.39. The van der Waals surface area contributed by atoms with Crippen molar-refractivity contribution in [1.82, 2.24) is 10.2 Å². The van der Waals surface area contributed by atoms with Crippen LogP contribution < -0.4 is 5.32 Å². The van der Waals surface area contributed by atoms with Crippen molar-refractivity contribution in [1.29, 1.82) is 0 Å². The number of hydrogen-bond acceptors (Lipinski definition) is 2. The van der Waals surface area contributed by atoms with Crippen LogP contribution in [0.1, 0.15) is 58.8 Å². The molecular weight excluding hydrogens is 212 g/mol. The SMILES string of the molecule is CCCCCCC(C)NCC(=O)N(C)C1CC1. The van der Waals surface area contributed by atoms with Crippen molar-refractivity contribution < 1.29 is 4.79 Å². The Bertz CT molecular complexity index is 226. The van der Waals surface area contributed by atoms with Gasteiger partial charge in [-0.25, -0.2) is 0 Å². The summed E-state index contributed by atoms with van der Waals surface area (Å²) < 4.78 is 0. The number of hydrogen-bond donors (Lipinski definition) is 1. The van der Waals surface area contributed by atoms with Crippen molar-refractivity contribution in [2.75, 3.05) is 13.6 Å². The van der Waals surface area contributed by atoms with E-state index in [9.17, 15) is 4.79 Å². The first-order valence-corrected chi connectivity index (χ1v) is 7.14. The second kappa shape index (κ2) is 7.70. The highest BCUT2D eigenvalue weighted by Crippen LogP contribution is 2.25. The van der Waals surface area contributed by atoms with Gasteiger partial charge in [-0.3, -0.25) is 4.79 Å². The normalized spacial score (nSPS) is 16.9. The Labute approximate surface area is 106 Å². The minimum atomic E-state index is 0.243. The Morgan fingerprint density at radius 3 is 2.65 bits per heavy atom. The molecule has 0 aromatic heterocycles. The van der Waals surface area contributed by atoms with Crippen LogP contribution in [-0.4, -0.2) is 36.5 Å². The Morgan fingerprint density at radius 1 is 1.35 bits per heavy atom. The van der Waals surface area contributed by atoms with Crippen molar-refractivity contribution in [2.24, 2.45) is 0 Å². The molecule has 1 fully saturated rings. The summed E-state index contributed by atoms with van der Waals surface area (Å²) in [4.78, 5) is 13.7. The molecule has 0 aromatic rings. The third-order valence-electron chi connectivity index (χ3n) is 3.58. The summed E-state index contributed by atoms with van der Waals surface area (Å²) in [5.74, 6) is 0.243. The van der Waals surface area contributed by atoms with Crippen molar-refractivity contribution in [2.45, 2.75) is 70.9 Å². The van der Waals surface area contributed by atoms with E-state index in [1.165, 1.54) is 44.9 Å². The molecule has 3 nitrogen and oxygen atoms in total. The van der Waals surface area contributed by atoms with Gasteiger partial charge in [-0.15, -0.1) is 0 Å². The maximum atomic E-state index is 11.8. The van der Waals surface area contributed by atoms with Crippen LogP contribution in [0.2, 0.25) is 0 Å². The van der Waals surface area contributed by atoms with E-state index in [1.807, 2.05) is 11.9 Å². The second-order valence-electron chi connectivity index (χ2n) is 5.37. The average Bonchev–Trinajstić information content (AvgIpc) is 3.14. The molecule has 17 heavy (non-hydrogen) atoms. The van der Waals surface area contributed by atoms with Crippen LogP contribution in [-0.2, 0) is 4.79 Å². The van der Waals surface area contributed by atoms with E-state index in [4.69, 9.17) is 0 Å². The van der Waals surface area contributed by atoms with Crippen LogP contribution in [0.4, 0.5) is 0 Å². The maximum absolute atomic E-state index is 11.8. The molecule has 100 valence electrons. The van der Waals surface area contributed by atoms with Crippen molar-refractivity contribution in [3.8, 4) is 0 Å². The molecule has 0 bridgehead atoms. The monoisotopic (exact) mass is 240 g/mol. The lowest BCUT2D eigenvalue weighted by molar-refractivity contribution is -0.129. The van der Waals surface area contributed by atoms with Gasteiger partial charge in [-0.1, -0.05) is 32.6 Å². The quantitative estimate of drug-likeness (QED) is 0.628. The van der Waals surface area contributed by atoms with Crippen LogP contribution in [0.3, 0.4) is 0 Å². The van der Waals surface area contributed by atoms with Crippen LogP contribution >= 0.6 is 0 Å². The molecule has 1 aliphatic carbocycles. The first-order chi connectivity index (χ1) is 8.15. The Kier molecular flexibility index (Phi) is 6.56. The van der Waals surface area contributed by atoms with E-state index < -0.39 is 0 Å². The molecule has 1 atom stereocenters. The minimum Gasteiger partial charge on any atom is -0.342 e. The molecule has 3 heteroatoms. The summed E-state index contributed by atoms with van der Waals surface area (Å²) in [6.07, 6.45) is 8.76. The zero-order chi connectivity index (χ0) is 12.7. The number of nitrogens with zero attached hydrogens (tertiary/aromatic N) is 1. The van der Waals surface area contributed by atoms with E-state index in [-0.39, 0.29) is 5.91 Å². The van der Waals surface area contributed by atoms with E-state index in [0.29, 0.717) is 18.6 Å². The number of amides is 1. The van der Waals surface area contributed by atoms with E-state index in [2.05, 4.69) is 19.2 Å². The van der Waals surface area contributed by atoms with Gasteiger partial charge in [0.1, 0.15) is 0 Å². The number of nitrogens with one attached hydrogen (secondary N) is 1. The molecule has 0 heterocycles. The van der Waals surface area contributed by atoms with Gasteiger partial charge in [-0.2, -0.15) is 0 Å². The number of carbonyl (C=O) groups excluding carboxylic acids is 1. The first kappa shape index (κ1) is 14.5. The van der Waals surface area contributed by atoms with Gasteiger partial charge in [0.15, 0.2) is 0 Å². The molecule has 1 N–H and O–H groups in total. The number of likely N-dealkylation sites (N-methyl/N-ethyl adjacent to an activating group) is 1. The zero-order valence-electron chi connectivity index (χ0n) is 11.7. The Morgan fingerprint density at radius 2 is 2.06 bits per heavy atom. The largest absolute Gasteiger partial charge is 0.342 e. The Balaban J connectivity index is 2.02. The minimum absolute atomic E-state index is 0.243. The van der Waals surface area contributed by atoms with E-state index in [0.717, 1.165) is 0 Å². The fraction of sp³-hybridized carbons (Fsp3) is 0.929. The van der Waals surface area contributed by atoms with E-state index in [1.54, 1.807) is 0 Å². The molecule has 0 aromatic carbocycles. The number of unbranched alkanes of at least 4 members (excludes halogenated alkanes) is 3. The van der Waals surface area contributed by atoms with Crippen LogP contribution in [0.5, 0.6) is 0 Å². The number of rotatable bonds is 9. The lowest BCUT2D eigenvalue weighted by atomic mass is 10.1. The molecule has 0 saturated heterocycles.